The van der Waals surface area contributed by atoms with Crippen molar-refractivity contribution in [3.8, 4) is 0 Å². The first-order valence-corrected chi connectivity index (χ1v) is 4.26. The molecule has 1 fully saturated rings. The molecule has 2 atom stereocenters. The van der Waals surface area contributed by atoms with Crippen molar-refractivity contribution in [1.82, 2.24) is 5.32 Å². The molecule has 1 rings (SSSR count). The zero-order valence-electron chi connectivity index (χ0n) is 7.12. The van der Waals surface area contributed by atoms with E-state index in [4.69, 9.17) is 0 Å². The van der Waals surface area contributed by atoms with Crippen LogP contribution in [-0.2, 0) is 0 Å². The molecule has 0 saturated heterocycles. The highest BCUT2D eigenvalue weighted by Crippen LogP contribution is 2.36. The summed E-state index contributed by atoms with van der Waals surface area (Å²) in [6.07, 6.45) is -3.56. The van der Waals surface area contributed by atoms with Crippen LogP contribution in [0.5, 0.6) is 0 Å². The van der Waals surface area contributed by atoms with Crippen LogP contribution < -0.4 is 5.32 Å². The number of rotatable bonds is 4. The topological polar surface area (TPSA) is 12.0 Å². The van der Waals surface area contributed by atoms with Gasteiger partial charge in [0.25, 0.3) is 0 Å². The molecule has 0 amide bonds. The van der Waals surface area contributed by atoms with Crippen LogP contribution in [0.25, 0.3) is 0 Å². The summed E-state index contributed by atoms with van der Waals surface area (Å²) >= 11 is 0. The van der Waals surface area contributed by atoms with Crippen LogP contribution in [0.2, 0.25) is 0 Å². The lowest BCUT2D eigenvalue weighted by Crippen LogP contribution is -2.23. The van der Waals surface area contributed by atoms with Crippen molar-refractivity contribution in [2.45, 2.75) is 25.9 Å². The smallest absolute Gasteiger partial charge is 0.316 e. The fourth-order valence-corrected chi connectivity index (χ4v) is 1.20. The van der Waals surface area contributed by atoms with Crippen LogP contribution >= 0.6 is 0 Å². The standard InChI is InChI=1S/C8H14F3N/c1-6-4-7(6)5-12-3-2-8(9,10)11/h6-7,12H,2-5H2,1H3. The van der Waals surface area contributed by atoms with E-state index in [0.717, 1.165) is 6.54 Å². The van der Waals surface area contributed by atoms with Gasteiger partial charge >= 0.3 is 6.18 Å². The Kier molecular flexibility index (Phi) is 2.99. The van der Waals surface area contributed by atoms with E-state index in [9.17, 15) is 13.2 Å². The van der Waals surface area contributed by atoms with Gasteiger partial charge in [0.2, 0.25) is 0 Å². The van der Waals surface area contributed by atoms with Crippen LogP contribution in [0.3, 0.4) is 0 Å². The Bertz CT molecular complexity index is 144. The van der Waals surface area contributed by atoms with Gasteiger partial charge in [-0.3, -0.25) is 0 Å². The Balaban J connectivity index is 1.90. The third-order valence-electron chi connectivity index (χ3n) is 2.27. The predicted octanol–water partition coefficient (Wildman–Crippen LogP) is 2.18. The first kappa shape index (κ1) is 9.84. The summed E-state index contributed by atoms with van der Waals surface area (Å²) in [7, 11) is 0. The number of hydrogen-bond donors (Lipinski definition) is 1. The van der Waals surface area contributed by atoms with Crippen molar-refractivity contribution < 1.29 is 13.2 Å². The average molecular weight is 181 g/mol. The van der Waals surface area contributed by atoms with Crippen molar-refractivity contribution >= 4 is 0 Å². The average Bonchev–Trinajstić information content (AvgIpc) is 2.57. The number of alkyl halides is 3. The van der Waals surface area contributed by atoms with Crippen molar-refractivity contribution in [3.05, 3.63) is 0 Å². The Morgan fingerprint density at radius 2 is 2.00 bits per heavy atom. The van der Waals surface area contributed by atoms with E-state index >= 15 is 0 Å². The van der Waals surface area contributed by atoms with Crippen molar-refractivity contribution in [2.24, 2.45) is 11.8 Å². The molecule has 1 nitrogen and oxygen atoms in total. The predicted molar refractivity (Wildman–Crippen MR) is 40.8 cm³/mol. The van der Waals surface area contributed by atoms with E-state index in [0.29, 0.717) is 11.8 Å². The van der Waals surface area contributed by atoms with Gasteiger partial charge in [-0.25, -0.2) is 0 Å². The van der Waals surface area contributed by atoms with E-state index in [-0.39, 0.29) is 6.54 Å². The SMILES string of the molecule is CC1CC1CNCCC(F)(F)F. The van der Waals surface area contributed by atoms with Gasteiger partial charge in [0.15, 0.2) is 0 Å². The van der Waals surface area contributed by atoms with Crippen LogP contribution in [-0.4, -0.2) is 19.3 Å². The molecular weight excluding hydrogens is 167 g/mol. The molecule has 0 bridgehead atoms. The third-order valence-corrected chi connectivity index (χ3v) is 2.27. The summed E-state index contributed by atoms with van der Waals surface area (Å²) in [4.78, 5) is 0. The second kappa shape index (κ2) is 3.64. The van der Waals surface area contributed by atoms with Gasteiger partial charge in [-0.2, -0.15) is 13.2 Å². The zero-order chi connectivity index (χ0) is 9.19. The van der Waals surface area contributed by atoms with Gasteiger partial charge in [-0.15, -0.1) is 0 Å². The van der Waals surface area contributed by atoms with Crippen LogP contribution in [0.4, 0.5) is 13.2 Å². The summed E-state index contributed by atoms with van der Waals surface area (Å²) < 4.78 is 34.9. The van der Waals surface area contributed by atoms with E-state index in [1.165, 1.54) is 6.42 Å². The molecular formula is C8H14F3N. The quantitative estimate of drug-likeness (QED) is 0.655. The maximum absolute atomic E-state index is 11.6. The molecule has 0 spiro atoms. The fraction of sp³-hybridized carbons (Fsp3) is 1.00. The minimum absolute atomic E-state index is 0.0622. The Labute approximate surface area is 70.3 Å². The molecule has 0 heterocycles. The summed E-state index contributed by atoms with van der Waals surface area (Å²) in [6, 6.07) is 0. The zero-order valence-corrected chi connectivity index (χ0v) is 7.12. The van der Waals surface area contributed by atoms with Gasteiger partial charge < -0.3 is 5.32 Å². The highest BCUT2D eigenvalue weighted by atomic mass is 19.4. The Hall–Kier alpha value is -0.250. The minimum Gasteiger partial charge on any atom is -0.316 e. The second-order valence-electron chi connectivity index (χ2n) is 3.54. The highest BCUT2D eigenvalue weighted by Gasteiger charge is 2.32. The summed E-state index contributed by atoms with van der Waals surface area (Å²) in [5.74, 6) is 1.33. The summed E-state index contributed by atoms with van der Waals surface area (Å²) in [5.41, 5.74) is 0. The first-order valence-electron chi connectivity index (χ1n) is 4.26. The molecule has 0 aromatic carbocycles. The molecule has 72 valence electrons. The lowest BCUT2D eigenvalue weighted by Gasteiger charge is -2.06. The summed E-state index contributed by atoms with van der Waals surface area (Å²) in [6.45, 7) is 2.93. The van der Waals surface area contributed by atoms with Crippen LogP contribution in [0, 0.1) is 11.8 Å². The molecule has 0 radical (unpaired) electrons. The largest absolute Gasteiger partial charge is 0.390 e. The fourth-order valence-electron chi connectivity index (χ4n) is 1.20. The first-order chi connectivity index (χ1) is 5.49. The molecule has 1 N–H and O–H groups in total. The molecule has 0 aromatic heterocycles. The third kappa shape index (κ3) is 3.95. The highest BCUT2D eigenvalue weighted by molar-refractivity contribution is 4.83. The van der Waals surface area contributed by atoms with Gasteiger partial charge in [0.1, 0.15) is 0 Å². The van der Waals surface area contributed by atoms with E-state index in [1.54, 1.807) is 0 Å². The van der Waals surface area contributed by atoms with Crippen molar-refractivity contribution in [1.29, 1.82) is 0 Å². The molecule has 4 heteroatoms. The molecule has 1 aliphatic rings. The second-order valence-corrected chi connectivity index (χ2v) is 3.54. The van der Waals surface area contributed by atoms with Crippen LogP contribution in [0.1, 0.15) is 19.8 Å². The Morgan fingerprint density at radius 1 is 1.42 bits per heavy atom. The molecule has 12 heavy (non-hydrogen) atoms. The van der Waals surface area contributed by atoms with Crippen LogP contribution in [0.15, 0.2) is 0 Å². The van der Waals surface area contributed by atoms with E-state index in [1.807, 2.05) is 0 Å². The number of nitrogens with one attached hydrogen (secondary N) is 1. The molecule has 1 saturated carbocycles. The Morgan fingerprint density at radius 3 is 2.42 bits per heavy atom. The maximum atomic E-state index is 11.6. The monoisotopic (exact) mass is 181 g/mol. The lowest BCUT2D eigenvalue weighted by molar-refractivity contribution is -0.133. The van der Waals surface area contributed by atoms with Crippen molar-refractivity contribution in [3.63, 3.8) is 0 Å². The van der Waals surface area contributed by atoms with E-state index in [2.05, 4.69) is 12.2 Å². The molecule has 1 aliphatic carbocycles. The number of halogens is 3. The minimum atomic E-state index is -4.01. The van der Waals surface area contributed by atoms with E-state index < -0.39 is 12.6 Å². The molecule has 2 unspecified atom stereocenters. The molecule has 0 aromatic rings. The number of hydrogen-bond acceptors (Lipinski definition) is 1. The van der Waals surface area contributed by atoms with Gasteiger partial charge in [0.05, 0.1) is 6.42 Å². The maximum Gasteiger partial charge on any atom is 0.390 e. The van der Waals surface area contributed by atoms with Gasteiger partial charge in [0, 0.05) is 6.54 Å². The van der Waals surface area contributed by atoms with Crippen molar-refractivity contribution in [2.75, 3.05) is 13.1 Å². The summed E-state index contributed by atoms with van der Waals surface area (Å²) in [5, 5.41) is 2.81. The van der Waals surface area contributed by atoms with Gasteiger partial charge in [-0.1, -0.05) is 6.92 Å². The lowest BCUT2D eigenvalue weighted by atomic mass is 10.3. The van der Waals surface area contributed by atoms with Gasteiger partial charge in [-0.05, 0) is 24.8 Å². The molecule has 0 aliphatic heterocycles. The normalized spacial score (nSPS) is 29.0.